The molecule has 3 heterocycles. The summed E-state index contributed by atoms with van der Waals surface area (Å²) in [5.41, 5.74) is 5.86. The summed E-state index contributed by atoms with van der Waals surface area (Å²) in [6.45, 7) is 4.04. The third-order valence-corrected chi connectivity index (χ3v) is 6.03. The van der Waals surface area contributed by atoms with E-state index in [9.17, 15) is 4.79 Å². The van der Waals surface area contributed by atoms with E-state index in [1.165, 1.54) is 0 Å². The first kappa shape index (κ1) is 23.2. The summed E-state index contributed by atoms with van der Waals surface area (Å²) >= 11 is 0. The monoisotopic (exact) mass is 476 g/mol. The maximum atomic E-state index is 12.5. The van der Waals surface area contributed by atoms with Gasteiger partial charge in [-0.25, -0.2) is 4.98 Å². The van der Waals surface area contributed by atoms with E-state index in [0.717, 1.165) is 52.2 Å². The van der Waals surface area contributed by atoms with E-state index in [1.54, 1.807) is 18.5 Å². The summed E-state index contributed by atoms with van der Waals surface area (Å²) in [5, 5.41) is 7.77. The highest BCUT2D eigenvalue weighted by atomic mass is 16.1. The number of aromatic nitrogens is 5. The molecule has 1 N–H and O–H groups in total. The minimum atomic E-state index is -0.129. The van der Waals surface area contributed by atoms with Gasteiger partial charge in [0, 0.05) is 48.9 Å². The molecular formula is C29H28N6O. The largest absolute Gasteiger partial charge is 0.352 e. The molecule has 0 spiro atoms. The number of amides is 1. The molecule has 1 amide bonds. The number of aryl methyl sites for hydroxylation is 2. The Labute approximate surface area is 210 Å². The number of carbonyl (C=O) groups is 1. The standard InChI is InChI=1S/C29H28N6O/c1-22-32-26-12-5-6-13-27(26)35(22)18-8-17-31-28(36)15-14-25-21-34(20-23-9-3-2-4-10-23)33-29(25)24-11-7-16-30-19-24/h2-7,9-16,19,21H,8,17-18,20H2,1H3,(H,31,36)/b15-14+. The lowest BCUT2D eigenvalue weighted by Crippen LogP contribution is -2.23. The van der Waals surface area contributed by atoms with Crippen LogP contribution in [0, 0.1) is 6.92 Å². The molecule has 0 aliphatic carbocycles. The van der Waals surface area contributed by atoms with E-state index in [2.05, 4.69) is 38.1 Å². The highest BCUT2D eigenvalue weighted by molar-refractivity contribution is 5.92. The fourth-order valence-corrected chi connectivity index (χ4v) is 4.29. The first-order chi connectivity index (χ1) is 17.7. The Bertz CT molecular complexity index is 1480. The van der Waals surface area contributed by atoms with Crippen LogP contribution in [0.2, 0.25) is 0 Å². The number of hydrogen-bond acceptors (Lipinski definition) is 4. The van der Waals surface area contributed by atoms with Crippen LogP contribution in [-0.4, -0.2) is 36.8 Å². The molecule has 36 heavy (non-hydrogen) atoms. The molecule has 0 atom stereocenters. The summed E-state index contributed by atoms with van der Waals surface area (Å²) in [6.07, 6.45) is 9.69. The molecule has 0 fully saturated rings. The highest BCUT2D eigenvalue weighted by Crippen LogP contribution is 2.23. The Hall–Kier alpha value is -4.52. The van der Waals surface area contributed by atoms with Crippen LogP contribution in [-0.2, 0) is 17.9 Å². The lowest BCUT2D eigenvalue weighted by molar-refractivity contribution is -0.116. The number of carbonyl (C=O) groups excluding carboxylic acids is 1. The van der Waals surface area contributed by atoms with Crippen LogP contribution in [0.4, 0.5) is 0 Å². The van der Waals surface area contributed by atoms with Crippen molar-refractivity contribution in [3.63, 3.8) is 0 Å². The molecule has 2 aromatic carbocycles. The van der Waals surface area contributed by atoms with Crippen molar-refractivity contribution in [1.82, 2.24) is 29.6 Å². The summed E-state index contributed by atoms with van der Waals surface area (Å²) in [7, 11) is 0. The minimum absolute atomic E-state index is 0.129. The van der Waals surface area contributed by atoms with Crippen molar-refractivity contribution in [3.8, 4) is 11.3 Å². The van der Waals surface area contributed by atoms with Crippen molar-refractivity contribution in [1.29, 1.82) is 0 Å². The van der Waals surface area contributed by atoms with Gasteiger partial charge in [0.2, 0.25) is 5.91 Å². The second kappa shape index (κ2) is 10.8. The summed E-state index contributed by atoms with van der Waals surface area (Å²) in [6, 6.07) is 22.2. The zero-order valence-corrected chi connectivity index (χ0v) is 20.2. The van der Waals surface area contributed by atoms with Crippen LogP contribution in [0.25, 0.3) is 28.4 Å². The third-order valence-electron chi connectivity index (χ3n) is 6.03. The van der Waals surface area contributed by atoms with Gasteiger partial charge in [-0.2, -0.15) is 5.10 Å². The maximum absolute atomic E-state index is 12.5. The van der Waals surface area contributed by atoms with Gasteiger partial charge in [0.05, 0.1) is 17.6 Å². The van der Waals surface area contributed by atoms with Gasteiger partial charge in [-0.05, 0) is 49.2 Å². The number of para-hydroxylation sites is 2. The molecular weight excluding hydrogens is 448 g/mol. The number of hydrogen-bond donors (Lipinski definition) is 1. The molecule has 0 unspecified atom stereocenters. The normalized spacial score (nSPS) is 11.4. The Morgan fingerprint density at radius 3 is 2.69 bits per heavy atom. The van der Waals surface area contributed by atoms with Crippen LogP contribution >= 0.6 is 0 Å². The third kappa shape index (κ3) is 5.41. The number of imidazole rings is 1. The molecule has 0 saturated heterocycles. The molecule has 0 aliphatic heterocycles. The van der Waals surface area contributed by atoms with Crippen molar-refractivity contribution >= 4 is 23.0 Å². The number of nitrogens with zero attached hydrogens (tertiary/aromatic N) is 5. The van der Waals surface area contributed by atoms with Crippen molar-refractivity contribution in [2.75, 3.05) is 6.54 Å². The van der Waals surface area contributed by atoms with Crippen molar-refractivity contribution in [2.24, 2.45) is 0 Å². The molecule has 3 aromatic heterocycles. The van der Waals surface area contributed by atoms with Gasteiger partial charge in [-0.3, -0.25) is 14.5 Å². The Morgan fingerprint density at radius 1 is 1.03 bits per heavy atom. The Morgan fingerprint density at radius 2 is 1.86 bits per heavy atom. The predicted octanol–water partition coefficient (Wildman–Crippen LogP) is 4.87. The molecule has 0 aliphatic rings. The zero-order chi connectivity index (χ0) is 24.7. The number of rotatable bonds is 9. The predicted molar refractivity (Wildman–Crippen MR) is 142 cm³/mol. The van der Waals surface area contributed by atoms with E-state index in [0.29, 0.717) is 13.1 Å². The Kier molecular flexibility index (Phi) is 6.98. The molecule has 5 aromatic rings. The number of fused-ring (bicyclic) bond motifs is 1. The lowest BCUT2D eigenvalue weighted by atomic mass is 10.1. The van der Waals surface area contributed by atoms with Crippen molar-refractivity contribution in [3.05, 3.63) is 108 Å². The first-order valence-electron chi connectivity index (χ1n) is 12.1. The first-order valence-corrected chi connectivity index (χ1v) is 12.1. The average molecular weight is 477 g/mol. The van der Waals surface area contributed by atoms with E-state index in [4.69, 9.17) is 5.10 Å². The van der Waals surface area contributed by atoms with Crippen LogP contribution in [0.5, 0.6) is 0 Å². The van der Waals surface area contributed by atoms with E-state index in [1.807, 2.05) is 72.4 Å². The highest BCUT2D eigenvalue weighted by Gasteiger charge is 2.11. The average Bonchev–Trinajstić information content (AvgIpc) is 3.46. The zero-order valence-electron chi connectivity index (χ0n) is 20.2. The summed E-state index contributed by atoms with van der Waals surface area (Å²) in [4.78, 5) is 21.4. The molecule has 5 rings (SSSR count). The molecule has 7 nitrogen and oxygen atoms in total. The molecule has 0 saturated carbocycles. The van der Waals surface area contributed by atoms with Gasteiger partial charge in [-0.15, -0.1) is 0 Å². The number of nitrogens with one attached hydrogen (secondary N) is 1. The molecule has 7 heteroatoms. The number of benzene rings is 2. The smallest absolute Gasteiger partial charge is 0.244 e. The topological polar surface area (TPSA) is 77.6 Å². The van der Waals surface area contributed by atoms with Crippen molar-refractivity contribution < 1.29 is 4.79 Å². The summed E-state index contributed by atoms with van der Waals surface area (Å²) < 4.78 is 4.09. The van der Waals surface area contributed by atoms with Crippen LogP contribution in [0.3, 0.4) is 0 Å². The second-order valence-electron chi connectivity index (χ2n) is 8.64. The maximum Gasteiger partial charge on any atom is 0.244 e. The lowest BCUT2D eigenvalue weighted by Gasteiger charge is -2.07. The van der Waals surface area contributed by atoms with Crippen molar-refractivity contribution in [2.45, 2.75) is 26.4 Å². The second-order valence-corrected chi connectivity index (χ2v) is 8.64. The van der Waals surface area contributed by atoms with E-state index in [-0.39, 0.29) is 5.91 Å². The Balaban J connectivity index is 1.23. The van der Waals surface area contributed by atoms with Crippen LogP contribution < -0.4 is 5.32 Å². The SMILES string of the molecule is Cc1nc2ccccc2n1CCCNC(=O)/C=C/c1cn(Cc2ccccc2)nc1-c1cccnc1. The van der Waals surface area contributed by atoms with Gasteiger partial charge in [-0.1, -0.05) is 42.5 Å². The van der Waals surface area contributed by atoms with E-state index >= 15 is 0 Å². The fraction of sp³-hybridized carbons (Fsp3) is 0.172. The number of pyridine rings is 1. The fourth-order valence-electron chi connectivity index (χ4n) is 4.29. The quantitative estimate of drug-likeness (QED) is 0.243. The van der Waals surface area contributed by atoms with Gasteiger partial charge in [0.15, 0.2) is 0 Å². The van der Waals surface area contributed by atoms with Crippen LogP contribution in [0.1, 0.15) is 23.4 Å². The van der Waals surface area contributed by atoms with Gasteiger partial charge >= 0.3 is 0 Å². The van der Waals surface area contributed by atoms with E-state index < -0.39 is 0 Å². The summed E-state index contributed by atoms with van der Waals surface area (Å²) in [5.74, 6) is 0.855. The minimum Gasteiger partial charge on any atom is -0.352 e. The molecule has 0 radical (unpaired) electrons. The molecule has 0 bridgehead atoms. The van der Waals surface area contributed by atoms with Gasteiger partial charge in [0.25, 0.3) is 0 Å². The van der Waals surface area contributed by atoms with Crippen LogP contribution in [0.15, 0.2) is 91.4 Å². The van der Waals surface area contributed by atoms with Gasteiger partial charge in [0.1, 0.15) is 11.5 Å². The molecule has 180 valence electrons. The van der Waals surface area contributed by atoms with Gasteiger partial charge < -0.3 is 9.88 Å².